The highest BCUT2D eigenvalue weighted by atomic mass is 16.5. The molecule has 1 fully saturated rings. The lowest BCUT2D eigenvalue weighted by molar-refractivity contribution is -0.122. The number of anilines is 1. The Morgan fingerprint density at radius 2 is 2.22 bits per heavy atom. The summed E-state index contributed by atoms with van der Waals surface area (Å²) in [7, 11) is 0. The van der Waals surface area contributed by atoms with Crippen LogP contribution in [0.5, 0.6) is 0 Å². The molecule has 0 aliphatic heterocycles. The summed E-state index contributed by atoms with van der Waals surface area (Å²) in [5.41, 5.74) is 1.58. The minimum absolute atomic E-state index is 0.0988. The molecule has 1 saturated carbocycles. The monoisotopic (exact) mass is 315 g/mol. The number of hydrogen-bond acceptors (Lipinski definition) is 5. The maximum absolute atomic E-state index is 12.0. The van der Waals surface area contributed by atoms with Gasteiger partial charge in [-0.1, -0.05) is 25.0 Å². The van der Waals surface area contributed by atoms with Crippen molar-refractivity contribution in [1.82, 2.24) is 20.2 Å². The molecule has 1 amide bonds. The van der Waals surface area contributed by atoms with Crippen LogP contribution in [0.1, 0.15) is 32.6 Å². The molecule has 0 unspecified atom stereocenters. The number of tetrazole rings is 1. The third kappa shape index (κ3) is 3.92. The van der Waals surface area contributed by atoms with Crippen molar-refractivity contribution in [2.24, 2.45) is 0 Å². The molecular weight excluding hydrogens is 294 g/mol. The minimum Gasteiger partial charge on any atom is -0.368 e. The highest BCUT2D eigenvalue weighted by Crippen LogP contribution is 2.22. The second kappa shape index (κ2) is 7.32. The van der Waals surface area contributed by atoms with E-state index in [9.17, 15) is 4.79 Å². The van der Waals surface area contributed by atoms with E-state index in [0.29, 0.717) is 18.1 Å². The predicted octanol–water partition coefficient (Wildman–Crippen LogP) is 2.26. The third-order valence-corrected chi connectivity index (χ3v) is 3.99. The van der Waals surface area contributed by atoms with Gasteiger partial charge in [0.1, 0.15) is 6.61 Å². The van der Waals surface area contributed by atoms with E-state index in [2.05, 4.69) is 20.8 Å². The molecule has 7 heteroatoms. The van der Waals surface area contributed by atoms with E-state index in [4.69, 9.17) is 4.74 Å². The molecule has 122 valence electrons. The number of benzene rings is 1. The van der Waals surface area contributed by atoms with Gasteiger partial charge in [-0.25, -0.2) is 4.68 Å². The van der Waals surface area contributed by atoms with Gasteiger partial charge in [0.2, 0.25) is 5.91 Å². The fourth-order valence-corrected chi connectivity index (χ4v) is 2.81. The Labute approximate surface area is 135 Å². The number of amides is 1. The van der Waals surface area contributed by atoms with E-state index >= 15 is 0 Å². The first-order valence-corrected chi connectivity index (χ1v) is 8.04. The molecule has 3 rings (SSSR count). The average Bonchev–Trinajstić information content (AvgIpc) is 3.24. The van der Waals surface area contributed by atoms with Crippen molar-refractivity contribution >= 4 is 11.6 Å². The Morgan fingerprint density at radius 1 is 1.39 bits per heavy atom. The Hall–Kier alpha value is -2.28. The number of carbonyl (C=O) groups excluding carboxylic acids is 1. The minimum atomic E-state index is -0.135. The fourth-order valence-electron chi connectivity index (χ4n) is 2.81. The summed E-state index contributed by atoms with van der Waals surface area (Å²) in [4.78, 5) is 12.0. The molecule has 1 aromatic heterocycles. The van der Waals surface area contributed by atoms with Crippen LogP contribution in [0, 0.1) is 0 Å². The largest absolute Gasteiger partial charge is 0.368 e. The second-order valence-corrected chi connectivity index (χ2v) is 5.66. The van der Waals surface area contributed by atoms with Crippen molar-refractivity contribution in [2.75, 3.05) is 11.9 Å². The standard InChI is InChI=1S/C16H21N5O2/c1-2-21-16(18-19-20-21)12-6-5-7-13(10-12)17-15(22)11-23-14-8-3-4-9-14/h5-7,10,14H,2-4,8-9,11H2,1H3,(H,17,22). The van der Waals surface area contributed by atoms with Crippen molar-refractivity contribution in [2.45, 2.75) is 45.3 Å². The summed E-state index contributed by atoms with van der Waals surface area (Å²) in [6.07, 6.45) is 4.74. The van der Waals surface area contributed by atoms with Gasteiger partial charge in [0, 0.05) is 17.8 Å². The Balaban J connectivity index is 1.62. The lowest BCUT2D eigenvalue weighted by atomic mass is 10.2. The molecule has 0 spiro atoms. The Bertz CT molecular complexity index is 664. The van der Waals surface area contributed by atoms with Gasteiger partial charge in [0.05, 0.1) is 6.10 Å². The molecule has 1 aromatic carbocycles. The molecule has 1 N–H and O–H groups in total. The number of rotatable bonds is 6. The Kier molecular flexibility index (Phi) is 4.97. The van der Waals surface area contributed by atoms with Crippen LogP contribution in [-0.4, -0.2) is 38.8 Å². The van der Waals surface area contributed by atoms with Gasteiger partial charge < -0.3 is 10.1 Å². The summed E-state index contributed by atoms with van der Waals surface area (Å²) in [5.74, 6) is 0.551. The van der Waals surface area contributed by atoms with E-state index in [1.165, 1.54) is 12.8 Å². The zero-order valence-corrected chi connectivity index (χ0v) is 13.2. The zero-order chi connectivity index (χ0) is 16.1. The van der Waals surface area contributed by atoms with E-state index in [-0.39, 0.29) is 18.6 Å². The second-order valence-electron chi connectivity index (χ2n) is 5.66. The first kappa shape index (κ1) is 15.6. The highest BCUT2D eigenvalue weighted by Gasteiger charge is 2.16. The molecule has 0 bridgehead atoms. The smallest absolute Gasteiger partial charge is 0.250 e. The maximum atomic E-state index is 12.0. The number of ether oxygens (including phenoxy) is 1. The summed E-state index contributed by atoms with van der Waals surface area (Å²) >= 11 is 0. The van der Waals surface area contributed by atoms with Crippen LogP contribution in [0.3, 0.4) is 0 Å². The van der Waals surface area contributed by atoms with Gasteiger partial charge in [-0.2, -0.15) is 0 Å². The lowest BCUT2D eigenvalue weighted by Gasteiger charge is -2.11. The maximum Gasteiger partial charge on any atom is 0.250 e. The number of nitrogens with one attached hydrogen (secondary N) is 1. The van der Waals surface area contributed by atoms with Crippen molar-refractivity contribution in [3.63, 3.8) is 0 Å². The van der Waals surface area contributed by atoms with Crippen LogP contribution in [0.25, 0.3) is 11.4 Å². The molecule has 1 heterocycles. The quantitative estimate of drug-likeness (QED) is 0.884. The fraction of sp³-hybridized carbons (Fsp3) is 0.500. The summed E-state index contributed by atoms with van der Waals surface area (Å²) in [5, 5.41) is 14.5. The van der Waals surface area contributed by atoms with E-state index in [1.54, 1.807) is 4.68 Å². The van der Waals surface area contributed by atoms with Crippen LogP contribution < -0.4 is 5.32 Å². The highest BCUT2D eigenvalue weighted by molar-refractivity contribution is 5.92. The van der Waals surface area contributed by atoms with Gasteiger partial charge in [0.15, 0.2) is 5.82 Å². The number of aromatic nitrogens is 4. The molecule has 23 heavy (non-hydrogen) atoms. The Morgan fingerprint density at radius 3 is 3.00 bits per heavy atom. The lowest BCUT2D eigenvalue weighted by Crippen LogP contribution is -2.21. The predicted molar refractivity (Wildman–Crippen MR) is 85.8 cm³/mol. The molecule has 1 aliphatic carbocycles. The number of nitrogens with zero attached hydrogens (tertiary/aromatic N) is 4. The van der Waals surface area contributed by atoms with E-state index in [0.717, 1.165) is 18.4 Å². The molecule has 0 saturated heterocycles. The molecule has 1 aliphatic rings. The van der Waals surface area contributed by atoms with Gasteiger partial charge in [-0.05, 0) is 42.3 Å². The molecule has 2 aromatic rings. The molecule has 7 nitrogen and oxygen atoms in total. The third-order valence-electron chi connectivity index (χ3n) is 3.99. The topological polar surface area (TPSA) is 81.9 Å². The van der Waals surface area contributed by atoms with Crippen molar-refractivity contribution < 1.29 is 9.53 Å². The van der Waals surface area contributed by atoms with Gasteiger partial charge in [0.25, 0.3) is 0 Å². The van der Waals surface area contributed by atoms with Crippen molar-refractivity contribution in [1.29, 1.82) is 0 Å². The van der Waals surface area contributed by atoms with Crippen molar-refractivity contribution in [3.05, 3.63) is 24.3 Å². The molecular formula is C16H21N5O2. The van der Waals surface area contributed by atoms with Crippen LogP contribution in [0.4, 0.5) is 5.69 Å². The zero-order valence-electron chi connectivity index (χ0n) is 13.2. The summed E-state index contributed by atoms with van der Waals surface area (Å²) in [6.45, 7) is 2.77. The molecule has 0 atom stereocenters. The van der Waals surface area contributed by atoms with Crippen molar-refractivity contribution in [3.8, 4) is 11.4 Å². The first-order valence-electron chi connectivity index (χ1n) is 8.04. The van der Waals surface area contributed by atoms with Crippen LogP contribution in [0.15, 0.2) is 24.3 Å². The van der Waals surface area contributed by atoms with E-state index < -0.39 is 0 Å². The number of hydrogen-bond donors (Lipinski definition) is 1. The van der Waals surface area contributed by atoms with Gasteiger partial charge >= 0.3 is 0 Å². The molecule has 0 radical (unpaired) electrons. The van der Waals surface area contributed by atoms with Crippen LogP contribution in [-0.2, 0) is 16.1 Å². The normalized spacial score (nSPS) is 15.0. The summed E-state index contributed by atoms with van der Waals surface area (Å²) < 4.78 is 7.34. The van der Waals surface area contributed by atoms with Gasteiger partial charge in [-0.15, -0.1) is 5.10 Å². The van der Waals surface area contributed by atoms with E-state index in [1.807, 2.05) is 31.2 Å². The summed E-state index contributed by atoms with van der Waals surface area (Å²) in [6, 6.07) is 7.50. The average molecular weight is 315 g/mol. The van der Waals surface area contributed by atoms with Crippen LogP contribution >= 0.6 is 0 Å². The SMILES string of the molecule is CCn1nnnc1-c1cccc(NC(=O)COC2CCCC2)c1. The van der Waals surface area contributed by atoms with Gasteiger partial charge in [-0.3, -0.25) is 4.79 Å². The number of carbonyl (C=O) groups is 1. The van der Waals surface area contributed by atoms with Crippen LogP contribution in [0.2, 0.25) is 0 Å². The first-order chi connectivity index (χ1) is 11.3. The number of aryl methyl sites for hydroxylation is 1.